The van der Waals surface area contributed by atoms with Gasteiger partial charge < -0.3 is 20.3 Å². The van der Waals surface area contributed by atoms with E-state index in [-0.39, 0.29) is 16.5 Å². The van der Waals surface area contributed by atoms with E-state index in [0.717, 1.165) is 0 Å². The van der Waals surface area contributed by atoms with Crippen LogP contribution in [0.5, 0.6) is 0 Å². The van der Waals surface area contributed by atoms with E-state index in [4.69, 9.17) is 5.11 Å². The van der Waals surface area contributed by atoms with Crippen molar-refractivity contribution in [1.82, 2.24) is 9.97 Å². The second kappa shape index (κ2) is 5.27. The first-order chi connectivity index (χ1) is 9.38. The molecule has 2 unspecified atom stereocenters. The van der Waals surface area contributed by atoms with E-state index in [9.17, 15) is 24.6 Å². The maximum atomic E-state index is 11.6. The maximum absolute atomic E-state index is 11.6. The van der Waals surface area contributed by atoms with Gasteiger partial charge in [-0.3, -0.25) is 14.6 Å². The molecule has 0 fully saturated rings. The van der Waals surface area contributed by atoms with E-state index in [1.54, 1.807) is 0 Å². The van der Waals surface area contributed by atoms with E-state index in [1.807, 2.05) is 4.98 Å². The zero-order chi connectivity index (χ0) is 14.9. The van der Waals surface area contributed by atoms with Crippen LogP contribution >= 0.6 is 0 Å². The maximum Gasteiger partial charge on any atom is 0.326 e. The van der Waals surface area contributed by atoms with Crippen LogP contribution < -0.4 is 11.2 Å². The SMILES string of the molecule is O=C(O)CC(O)C(O)c1ccc2[nH]c(=O)[nH]c(=O)c2c1. The van der Waals surface area contributed by atoms with Crippen molar-refractivity contribution >= 4 is 16.9 Å². The van der Waals surface area contributed by atoms with Crippen molar-refractivity contribution < 1.29 is 20.1 Å². The van der Waals surface area contributed by atoms with Crippen molar-refractivity contribution in [2.45, 2.75) is 18.6 Å². The Labute approximate surface area is 111 Å². The number of hydrogen-bond donors (Lipinski definition) is 5. The molecule has 2 aromatic rings. The number of aliphatic carboxylic acids is 1. The molecule has 0 saturated carbocycles. The monoisotopic (exact) mass is 280 g/mol. The average molecular weight is 280 g/mol. The molecule has 106 valence electrons. The van der Waals surface area contributed by atoms with E-state index >= 15 is 0 Å². The van der Waals surface area contributed by atoms with E-state index in [2.05, 4.69) is 4.98 Å². The molecule has 0 aliphatic rings. The minimum Gasteiger partial charge on any atom is -0.481 e. The van der Waals surface area contributed by atoms with Gasteiger partial charge in [0, 0.05) is 0 Å². The zero-order valence-electron chi connectivity index (χ0n) is 10.2. The van der Waals surface area contributed by atoms with E-state index < -0.39 is 35.8 Å². The highest BCUT2D eigenvalue weighted by atomic mass is 16.4. The summed E-state index contributed by atoms with van der Waals surface area (Å²) < 4.78 is 0. The molecule has 0 aliphatic heterocycles. The summed E-state index contributed by atoms with van der Waals surface area (Å²) in [5.41, 5.74) is -0.821. The van der Waals surface area contributed by atoms with Gasteiger partial charge in [-0.1, -0.05) is 6.07 Å². The third-order valence-corrected chi connectivity index (χ3v) is 2.85. The van der Waals surface area contributed by atoms with Crippen LogP contribution in [-0.4, -0.2) is 37.4 Å². The summed E-state index contributed by atoms with van der Waals surface area (Å²) in [5.74, 6) is -1.25. The Morgan fingerprint density at radius 2 is 1.90 bits per heavy atom. The van der Waals surface area contributed by atoms with Gasteiger partial charge in [-0.05, 0) is 17.7 Å². The largest absolute Gasteiger partial charge is 0.481 e. The van der Waals surface area contributed by atoms with E-state index in [0.29, 0.717) is 0 Å². The van der Waals surface area contributed by atoms with Crippen molar-refractivity contribution in [2.75, 3.05) is 0 Å². The predicted octanol–water partition coefficient (Wildman–Crippen LogP) is -0.915. The Morgan fingerprint density at radius 1 is 1.20 bits per heavy atom. The van der Waals surface area contributed by atoms with Crippen molar-refractivity contribution in [3.05, 3.63) is 44.6 Å². The van der Waals surface area contributed by atoms with Gasteiger partial charge in [0.05, 0.1) is 23.4 Å². The Bertz CT molecular complexity index is 762. The smallest absolute Gasteiger partial charge is 0.326 e. The second-order valence-electron chi connectivity index (χ2n) is 4.32. The number of hydrogen-bond acceptors (Lipinski definition) is 5. The Hall–Kier alpha value is -2.45. The number of nitrogens with one attached hydrogen (secondary N) is 2. The van der Waals surface area contributed by atoms with Gasteiger partial charge in [-0.15, -0.1) is 0 Å². The standard InChI is InChI=1S/C12H12N2O6/c15-8(4-9(16)17)10(18)5-1-2-7-6(3-5)11(19)14-12(20)13-7/h1-3,8,10,15,18H,4H2,(H,16,17)(H2,13,14,19,20). The molecule has 2 rings (SSSR count). The number of rotatable bonds is 4. The molecular formula is C12H12N2O6. The van der Waals surface area contributed by atoms with Crippen molar-refractivity contribution in [3.8, 4) is 0 Å². The molecule has 0 amide bonds. The summed E-state index contributed by atoms with van der Waals surface area (Å²) in [4.78, 5) is 37.6. The number of aliphatic hydroxyl groups is 2. The highest BCUT2D eigenvalue weighted by Gasteiger charge is 2.21. The highest BCUT2D eigenvalue weighted by Crippen LogP contribution is 2.21. The lowest BCUT2D eigenvalue weighted by molar-refractivity contribution is -0.141. The molecule has 1 heterocycles. The van der Waals surface area contributed by atoms with Crippen molar-refractivity contribution in [2.24, 2.45) is 0 Å². The van der Waals surface area contributed by atoms with Gasteiger partial charge in [0.25, 0.3) is 5.56 Å². The van der Waals surface area contributed by atoms with Crippen LogP contribution in [0.15, 0.2) is 27.8 Å². The number of aliphatic hydroxyl groups excluding tert-OH is 2. The molecule has 0 radical (unpaired) electrons. The molecule has 5 N–H and O–H groups in total. The minimum absolute atomic E-state index is 0.128. The minimum atomic E-state index is -1.49. The number of carbonyl (C=O) groups is 1. The molecule has 0 spiro atoms. The number of carboxylic acid groups (broad SMARTS) is 1. The van der Waals surface area contributed by atoms with Gasteiger partial charge in [0.1, 0.15) is 6.10 Å². The Balaban J connectivity index is 2.44. The molecule has 0 saturated heterocycles. The van der Waals surface area contributed by atoms with Crippen LogP contribution in [0.4, 0.5) is 0 Å². The molecular weight excluding hydrogens is 268 g/mol. The first-order valence-electron chi connectivity index (χ1n) is 5.72. The summed E-state index contributed by atoms with van der Waals surface area (Å²) in [5, 5.41) is 28.1. The van der Waals surface area contributed by atoms with Crippen molar-refractivity contribution in [1.29, 1.82) is 0 Å². The van der Waals surface area contributed by atoms with Gasteiger partial charge >= 0.3 is 11.7 Å². The summed E-state index contributed by atoms with van der Waals surface area (Å²) in [7, 11) is 0. The van der Waals surface area contributed by atoms with Crippen LogP contribution in [0, 0.1) is 0 Å². The number of carboxylic acids is 1. The summed E-state index contributed by atoms with van der Waals surface area (Å²) in [6, 6.07) is 4.09. The summed E-state index contributed by atoms with van der Waals surface area (Å²) >= 11 is 0. The fourth-order valence-electron chi connectivity index (χ4n) is 1.88. The fraction of sp³-hybridized carbons (Fsp3) is 0.250. The van der Waals surface area contributed by atoms with Crippen LogP contribution in [0.3, 0.4) is 0 Å². The highest BCUT2D eigenvalue weighted by molar-refractivity contribution is 5.78. The van der Waals surface area contributed by atoms with Crippen LogP contribution in [-0.2, 0) is 4.79 Å². The zero-order valence-corrected chi connectivity index (χ0v) is 10.2. The van der Waals surface area contributed by atoms with Crippen LogP contribution in [0.2, 0.25) is 0 Å². The molecule has 0 aliphatic carbocycles. The van der Waals surface area contributed by atoms with Crippen LogP contribution in [0.25, 0.3) is 10.9 Å². The molecule has 1 aromatic carbocycles. The van der Waals surface area contributed by atoms with Crippen molar-refractivity contribution in [3.63, 3.8) is 0 Å². The summed E-state index contributed by atoms with van der Waals surface area (Å²) in [6.07, 6.45) is -3.56. The van der Waals surface area contributed by atoms with Gasteiger partial charge in [-0.2, -0.15) is 0 Å². The third kappa shape index (κ3) is 2.76. The molecule has 8 nitrogen and oxygen atoms in total. The first-order valence-corrected chi connectivity index (χ1v) is 5.72. The fourth-order valence-corrected chi connectivity index (χ4v) is 1.88. The first kappa shape index (κ1) is 14.0. The Kier molecular flexibility index (Phi) is 3.68. The molecule has 20 heavy (non-hydrogen) atoms. The topological polar surface area (TPSA) is 143 Å². The van der Waals surface area contributed by atoms with Gasteiger partial charge in [-0.25, -0.2) is 4.79 Å². The molecule has 2 atom stereocenters. The summed E-state index contributed by atoms with van der Waals surface area (Å²) in [6.45, 7) is 0. The number of aromatic amines is 2. The number of H-pyrrole nitrogens is 2. The van der Waals surface area contributed by atoms with Crippen LogP contribution in [0.1, 0.15) is 18.1 Å². The third-order valence-electron chi connectivity index (χ3n) is 2.85. The predicted molar refractivity (Wildman–Crippen MR) is 68.4 cm³/mol. The molecule has 0 bridgehead atoms. The molecule has 1 aromatic heterocycles. The number of aromatic nitrogens is 2. The lowest BCUT2D eigenvalue weighted by Crippen LogP contribution is -2.24. The molecule has 8 heteroatoms. The second-order valence-corrected chi connectivity index (χ2v) is 4.32. The van der Waals surface area contributed by atoms with E-state index in [1.165, 1.54) is 18.2 Å². The average Bonchev–Trinajstić information content (AvgIpc) is 2.36. The number of fused-ring (bicyclic) bond motifs is 1. The lowest BCUT2D eigenvalue weighted by atomic mass is 10.0. The Morgan fingerprint density at radius 3 is 2.55 bits per heavy atom. The normalized spacial score (nSPS) is 14.1. The van der Waals surface area contributed by atoms with Gasteiger partial charge in [0.2, 0.25) is 0 Å². The van der Waals surface area contributed by atoms with Gasteiger partial charge in [0.15, 0.2) is 0 Å². The lowest BCUT2D eigenvalue weighted by Gasteiger charge is -2.16. The quantitative estimate of drug-likeness (QED) is 0.490. The number of benzene rings is 1.